The van der Waals surface area contributed by atoms with E-state index in [4.69, 9.17) is 9.31 Å². The Morgan fingerprint density at radius 2 is 1.79 bits per heavy atom. The van der Waals surface area contributed by atoms with Crippen LogP contribution in [0.4, 0.5) is 0 Å². The summed E-state index contributed by atoms with van der Waals surface area (Å²) in [5, 5.41) is 0. The Morgan fingerprint density at radius 3 is 2.29 bits per heavy atom. The summed E-state index contributed by atoms with van der Waals surface area (Å²) >= 11 is 0. The molecule has 2 nitrogen and oxygen atoms in total. The Balaban J connectivity index is 2.36. The summed E-state index contributed by atoms with van der Waals surface area (Å²) in [5.74, 6) is 1.95. The molecule has 1 aliphatic rings. The molecule has 0 N–H and O–H groups in total. The molecule has 1 rings (SSSR count). The van der Waals surface area contributed by atoms with Crippen molar-refractivity contribution >= 4 is 7.12 Å². The zero-order valence-corrected chi connectivity index (χ0v) is 9.54. The average molecular weight is 194 g/mol. The number of allylic oxidation sites excluding steroid dienone is 3. The lowest BCUT2D eigenvalue weighted by Gasteiger charge is -2.31. The Labute approximate surface area is 87.1 Å². The highest BCUT2D eigenvalue weighted by atomic mass is 16.6. The van der Waals surface area contributed by atoms with E-state index in [0.29, 0.717) is 0 Å². The largest absolute Gasteiger partial charge is 0.486 e. The fourth-order valence-corrected chi connectivity index (χ4v) is 1.16. The van der Waals surface area contributed by atoms with Gasteiger partial charge in [0.05, 0.1) is 0 Å². The third kappa shape index (κ3) is 4.12. The lowest BCUT2D eigenvalue weighted by atomic mass is 9.83. The molecule has 0 atom stereocenters. The van der Waals surface area contributed by atoms with Gasteiger partial charge < -0.3 is 9.31 Å². The fourth-order valence-electron chi connectivity index (χ4n) is 1.16. The summed E-state index contributed by atoms with van der Waals surface area (Å²) in [6, 6.07) is 0. The Hall–Kier alpha value is -0.535. The van der Waals surface area contributed by atoms with Crippen LogP contribution >= 0.6 is 0 Å². The highest BCUT2D eigenvalue weighted by Gasteiger charge is 2.29. The second-order valence-electron chi connectivity index (χ2n) is 4.78. The van der Waals surface area contributed by atoms with E-state index in [0.717, 1.165) is 13.2 Å². The normalized spacial score (nSPS) is 21.3. The first-order valence-electron chi connectivity index (χ1n) is 5.04. The van der Waals surface area contributed by atoms with Crippen molar-refractivity contribution in [3.63, 3.8) is 0 Å². The standard InChI is InChI=1S/C11H19BO2/c1-10(2)6-5-7-12-13-8-11(3,4)9-14-12/h5-7H,8-9H2,1-4H3/b7-5+. The minimum absolute atomic E-state index is 0.154. The van der Waals surface area contributed by atoms with E-state index < -0.39 is 0 Å². The molecule has 78 valence electrons. The molecular formula is C11H19BO2. The Kier molecular flexibility index (Phi) is 3.96. The summed E-state index contributed by atoms with van der Waals surface area (Å²) in [6.07, 6.45) is 4.03. The summed E-state index contributed by atoms with van der Waals surface area (Å²) in [7, 11) is -0.168. The van der Waals surface area contributed by atoms with E-state index in [9.17, 15) is 0 Å². The van der Waals surface area contributed by atoms with Gasteiger partial charge in [-0.05, 0) is 13.8 Å². The van der Waals surface area contributed by atoms with Crippen molar-refractivity contribution < 1.29 is 9.31 Å². The second-order valence-corrected chi connectivity index (χ2v) is 4.78. The lowest BCUT2D eigenvalue weighted by Crippen LogP contribution is -2.39. The molecule has 0 aromatic carbocycles. The number of hydrogen-bond acceptors (Lipinski definition) is 2. The van der Waals surface area contributed by atoms with Crippen molar-refractivity contribution in [3.8, 4) is 0 Å². The van der Waals surface area contributed by atoms with Crippen LogP contribution in [0.2, 0.25) is 0 Å². The molecule has 0 aromatic rings. The van der Waals surface area contributed by atoms with Gasteiger partial charge in [-0.15, -0.1) is 0 Å². The van der Waals surface area contributed by atoms with Crippen molar-refractivity contribution in [1.29, 1.82) is 0 Å². The maximum Gasteiger partial charge on any atom is 0.486 e. The minimum Gasteiger partial charge on any atom is -0.407 e. The predicted molar refractivity (Wildman–Crippen MR) is 60.0 cm³/mol. The quantitative estimate of drug-likeness (QED) is 0.496. The predicted octanol–water partition coefficient (Wildman–Crippen LogP) is 2.61. The SMILES string of the molecule is CC(C)=C/C=C/B1OCC(C)(C)CO1. The molecule has 0 radical (unpaired) electrons. The first-order valence-corrected chi connectivity index (χ1v) is 5.04. The third-order valence-corrected chi connectivity index (χ3v) is 1.97. The highest BCUT2D eigenvalue weighted by Crippen LogP contribution is 2.21. The van der Waals surface area contributed by atoms with Crippen molar-refractivity contribution in [2.75, 3.05) is 13.2 Å². The van der Waals surface area contributed by atoms with Gasteiger partial charge in [-0.25, -0.2) is 0 Å². The summed E-state index contributed by atoms with van der Waals surface area (Å²) in [6.45, 7) is 9.94. The molecule has 14 heavy (non-hydrogen) atoms. The molecule has 0 aliphatic carbocycles. The van der Waals surface area contributed by atoms with Gasteiger partial charge in [-0.3, -0.25) is 0 Å². The van der Waals surface area contributed by atoms with Crippen LogP contribution in [0.25, 0.3) is 0 Å². The van der Waals surface area contributed by atoms with Crippen molar-refractivity contribution in [3.05, 3.63) is 23.7 Å². The molecule has 3 heteroatoms. The van der Waals surface area contributed by atoms with Crippen molar-refractivity contribution in [2.45, 2.75) is 27.7 Å². The van der Waals surface area contributed by atoms with Gasteiger partial charge in [-0.2, -0.15) is 0 Å². The van der Waals surface area contributed by atoms with Crippen LogP contribution in [0.5, 0.6) is 0 Å². The first-order chi connectivity index (χ1) is 6.49. The third-order valence-electron chi connectivity index (χ3n) is 1.97. The van der Waals surface area contributed by atoms with E-state index in [1.165, 1.54) is 5.57 Å². The van der Waals surface area contributed by atoms with Gasteiger partial charge >= 0.3 is 7.12 Å². The van der Waals surface area contributed by atoms with Crippen LogP contribution in [0, 0.1) is 5.41 Å². The van der Waals surface area contributed by atoms with Crippen LogP contribution in [0.15, 0.2) is 23.7 Å². The molecule has 1 aliphatic heterocycles. The van der Waals surface area contributed by atoms with E-state index in [-0.39, 0.29) is 12.5 Å². The van der Waals surface area contributed by atoms with E-state index in [1.54, 1.807) is 0 Å². The van der Waals surface area contributed by atoms with Gasteiger partial charge in [0.15, 0.2) is 0 Å². The highest BCUT2D eigenvalue weighted by molar-refractivity contribution is 6.50. The first kappa shape index (κ1) is 11.5. The molecule has 1 saturated heterocycles. The van der Waals surface area contributed by atoms with Gasteiger partial charge in [0.1, 0.15) is 0 Å². The Morgan fingerprint density at radius 1 is 1.21 bits per heavy atom. The topological polar surface area (TPSA) is 18.5 Å². The maximum absolute atomic E-state index is 5.54. The van der Waals surface area contributed by atoms with Crippen LogP contribution in [0.1, 0.15) is 27.7 Å². The molecule has 1 fully saturated rings. The fraction of sp³-hybridized carbons (Fsp3) is 0.636. The van der Waals surface area contributed by atoms with Gasteiger partial charge in [0, 0.05) is 18.6 Å². The molecular weight excluding hydrogens is 175 g/mol. The number of hydrogen-bond donors (Lipinski definition) is 0. The van der Waals surface area contributed by atoms with Crippen LogP contribution in [0.3, 0.4) is 0 Å². The molecule has 1 heterocycles. The molecule has 0 bridgehead atoms. The van der Waals surface area contributed by atoms with Crippen molar-refractivity contribution in [1.82, 2.24) is 0 Å². The lowest BCUT2D eigenvalue weighted by molar-refractivity contribution is 0.0336. The second kappa shape index (κ2) is 4.81. The average Bonchev–Trinajstić information content (AvgIpc) is 2.07. The number of rotatable bonds is 2. The summed E-state index contributed by atoms with van der Waals surface area (Å²) < 4.78 is 11.1. The van der Waals surface area contributed by atoms with Gasteiger partial charge in [-0.1, -0.05) is 37.5 Å². The van der Waals surface area contributed by atoms with Gasteiger partial charge in [0.25, 0.3) is 0 Å². The summed E-state index contributed by atoms with van der Waals surface area (Å²) in [5.41, 5.74) is 1.43. The van der Waals surface area contributed by atoms with Crippen LogP contribution in [-0.4, -0.2) is 20.3 Å². The molecule has 0 spiro atoms. The molecule has 0 aromatic heterocycles. The molecule has 0 unspecified atom stereocenters. The monoisotopic (exact) mass is 194 g/mol. The maximum atomic E-state index is 5.54. The minimum atomic E-state index is -0.168. The zero-order chi connectivity index (χ0) is 10.6. The van der Waals surface area contributed by atoms with E-state index in [1.807, 2.05) is 18.1 Å². The molecule has 0 saturated carbocycles. The summed E-state index contributed by atoms with van der Waals surface area (Å²) in [4.78, 5) is 0. The zero-order valence-electron chi connectivity index (χ0n) is 9.54. The Bertz CT molecular complexity index is 230. The smallest absolute Gasteiger partial charge is 0.407 e. The van der Waals surface area contributed by atoms with Crippen LogP contribution in [-0.2, 0) is 9.31 Å². The van der Waals surface area contributed by atoms with Crippen molar-refractivity contribution in [2.24, 2.45) is 5.41 Å². The van der Waals surface area contributed by atoms with E-state index in [2.05, 4.69) is 27.7 Å². The van der Waals surface area contributed by atoms with Gasteiger partial charge in [0.2, 0.25) is 0 Å². The molecule has 0 amide bonds. The van der Waals surface area contributed by atoms with E-state index >= 15 is 0 Å². The van der Waals surface area contributed by atoms with Crippen LogP contribution < -0.4 is 0 Å².